The topological polar surface area (TPSA) is 390 Å². The molecule has 0 heterocycles. The summed E-state index contributed by atoms with van der Waals surface area (Å²) < 4.78 is 98.8. The molecule has 1 aliphatic carbocycles. The first kappa shape index (κ1) is 36.1. The van der Waals surface area contributed by atoms with Gasteiger partial charge in [-0.25, -0.2) is 27.4 Å². The summed E-state index contributed by atoms with van der Waals surface area (Å²) in [6.45, 7) is 0. The van der Waals surface area contributed by atoms with Gasteiger partial charge in [-0.05, 0) is 0 Å². The Labute approximate surface area is 206 Å². The van der Waals surface area contributed by atoms with Crippen LogP contribution in [0.5, 0.6) is 0 Å². The van der Waals surface area contributed by atoms with Crippen molar-refractivity contribution in [2.45, 2.75) is 36.6 Å². The lowest BCUT2D eigenvalue weighted by Gasteiger charge is -2.48. The van der Waals surface area contributed by atoms with Crippen molar-refractivity contribution in [2.24, 2.45) is 0 Å². The molecule has 31 heteroatoms. The van der Waals surface area contributed by atoms with Gasteiger partial charge in [0.1, 0.15) is 36.6 Å². The fourth-order valence-corrected chi connectivity index (χ4v) is 6.34. The largest absolute Gasteiger partial charge is 0.475 e. The van der Waals surface area contributed by atoms with E-state index in [0.717, 1.165) is 9.47 Å². The molecule has 0 saturated heterocycles. The highest BCUT2D eigenvalue weighted by Gasteiger charge is 2.62. The van der Waals surface area contributed by atoms with Crippen LogP contribution in [0.25, 0.3) is 0 Å². The molecule has 222 valence electrons. The second-order valence-electron chi connectivity index (χ2n) is 6.45. The van der Waals surface area contributed by atoms with Crippen LogP contribution in [-0.2, 0) is 58.8 Å². The zero-order valence-electron chi connectivity index (χ0n) is 17.0. The van der Waals surface area contributed by atoms with E-state index < -0.39 is 83.6 Å². The number of phosphoric ester groups is 6. The molecule has 11 N–H and O–H groups in total. The molecule has 0 aromatic carbocycles. The van der Waals surface area contributed by atoms with Crippen molar-refractivity contribution in [3.8, 4) is 0 Å². The predicted molar refractivity (Wildman–Crippen MR) is 110 cm³/mol. The first-order chi connectivity index (χ1) is 16.1. The molecule has 1 aliphatic rings. The van der Waals surface area contributed by atoms with Crippen LogP contribution in [0, 0.1) is 0 Å². The summed E-state index contributed by atoms with van der Waals surface area (Å²) in [7, 11) is -34.4. The highest BCUT2D eigenvalue weighted by atomic mass is 31.2. The van der Waals surface area contributed by atoms with Crippen LogP contribution in [0.1, 0.15) is 0 Å². The monoisotopic (exact) mass is 692 g/mol. The molecular formula is C6H19O24P7. The first-order valence-electron chi connectivity index (χ1n) is 8.22. The average molecular weight is 692 g/mol. The Hall–Kier alpha value is 1.09. The molecule has 37 heavy (non-hydrogen) atoms. The lowest BCUT2D eigenvalue weighted by atomic mass is 9.85. The fraction of sp³-hybridized carbons (Fsp3) is 1.00. The molecule has 0 amide bonds. The van der Waals surface area contributed by atoms with Crippen LogP contribution in [0.4, 0.5) is 0 Å². The zero-order chi connectivity index (χ0) is 29.4. The lowest BCUT2D eigenvalue weighted by Crippen LogP contribution is -2.66. The van der Waals surface area contributed by atoms with Gasteiger partial charge in [0.05, 0.1) is 0 Å². The van der Waals surface area contributed by atoms with Crippen LogP contribution >= 0.6 is 56.4 Å². The molecule has 0 aromatic heterocycles. The molecule has 6 atom stereocenters. The third kappa shape index (κ3) is 13.5. The highest BCUT2D eigenvalue weighted by Crippen LogP contribution is 2.58. The van der Waals surface area contributed by atoms with E-state index in [0.29, 0.717) is 0 Å². The van der Waals surface area contributed by atoms with Crippen molar-refractivity contribution >= 4 is 56.4 Å². The quantitative estimate of drug-likeness (QED) is 0.0902. The van der Waals surface area contributed by atoms with Crippen LogP contribution in [0.15, 0.2) is 0 Å². The molecular weight excluding hydrogens is 673 g/mol. The average Bonchev–Trinajstić information content (AvgIpc) is 2.59. The summed E-state index contributed by atoms with van der Waals surface area (Å²) in [5, 5.41) is 0. The number of hydrogen-bond acceptors (Lipinski definition) is 13. The third-order valence-electron chi connectivity index (χ3n) is 3.63. The maximum atomic E-state index is 12.0. The first-order valence-corrected chi connectivity index (χ1v) is 17.8. The van der Waals surface area contributed by atoms with Crippen molar-refractivity contribution in [3.05, 3.63) is 0 Å². The minimum absolute atomic E-state index is 1.14. The van der Waals surface area contributed by atoms with Gasteiger partial charge in [0.2, 0.25) is 0 Å². The smallest absolute Gasteiger partial charge is 0.303 e. The normalized spacial score (nSPS) is 30.2. The van der Waals surface area contributed by atoms with Gasteiger partial charge in [-0.1, -0.05) is 0 Å². The standard InChI is InChI=1S/C6H19O24P7/c7-32(8,9)24-1-2(25-33(10,11)12)4(27-35(16,17)18)6(29-37(22,23)30-31)5(28-36(19,20)21)3(1)26-34(13,14)15/h1-6H,31H2,(H,22,23)(H2,7,8,9)(H2,10,11,12)(H2,13,14,15)(H2,16,17,18)(H2,19,20,21). The van der Waals surface area contributed by atoms with Crippen LogP contribution in [-0.4, -0.2) is 90.5 Å². The molecule has 6 unspecified atom stereocenters. The summed E-state index contributed by atoms with van der Waals surface area (Å²) in [5.74, 6) is 0. The molecule has 1 saturated carbocycles. The molecule has 0 bridgehead atoms. The summed E-state index contributed by atoms with van der Waals surface area (Å²) >= 11 is 0. The summed E-state index contributed by atoms with van der Waals surface area (Å²) in [6.07, 6.45) is -18.5. The molecule has 24 nitrogen and oxygen atoms in total. The van der Waals surface area contributed by atoms with E-state index in [-0.39, 0.29) is 0 Å². The zero-order valence-corrected chi connectivity index (χ0v) is 23.5. The van der Waals surface area contributed by atoms with E-state index in [1.165, 1.54) is 0 Å². The molecule has 0 aliphatic heterocycles. The van der Waals surface area contributed by atoms with E-state index in [9.17, 15) is 81.2 Å². The predicted octanol–water partition coefficient (Wildman–Crippen LogP) is -2.32. The van der Waals surface area contributed by atoms with Gasteiger partial charge < -0.3 is 53.8 Å². The number of phosphoric acid groups is 6. The maximum absolute atomic E-state index is 12.0. The van der Waals surface area contributed by atoms with E-state index in [1.807, 2.05) is 0 Å². The Bertz CT molecular complexity index is 1010. The van der Waals surface area contributed by atoms with Gasteiger partial charge >= 0.3 is 46.9 Å². The summed E-state index contributed by atoms with van der Waals surface area (Å²) in [5.41, 5.74) is 0. The second kappa shape index (κ2) is 12.5. The van der Waals surface area contributed by atoms with Crippen molar-refractivity contribution in [3.63, 3.8) is 0 Å². The summed E-state index contributed by atoms with van der Waals surface area (Å²) in [6, 6.07) is 0. The van der Waals surface area contributed by atoms with Gasteiger partial charge in [0.15, 0.2) is 0 Å². The van der Waals surface area contributed by atoms with Crippen molar-refractivity contribution in [2.75, 3.05) is 0 Å². The van der Waals surface area contributed by atoms with Crippen LogP contribution in [0.3, 0.4) is 0 Å². The SMILES string of the molecule is O=P(O)(O)OC1C(OP(=O)(O)O)C(OP(=O)(O)O)C(OP(=O)(O)OP)C(OP(=O)(O)O)C1OP(=O)(O)O. The Balaban J connectivity index is 4.07. The Morgan fingerprint density at radius 3 is 0.676 bits per heavy atom. The second-order valence-corrected chi connectivity index (χ2v) is 14.4. The van der Waals surface area contributed by atoms with E-state index in [4.69, 9.17) is 0 Å². The van der Waals surface area contributed by atoms with E-state index in [2.05, 4.69) is 31.5 Å². The third-order valence-corrected chi connectivity index (χ3v) is 7.79. The van der Waals surface area contributed by atoms with Crippen LogP contribution < -0.4 is 0 Å². The van der Waals surface area contributed by atoms with Gasteiger partial charge in [0, 0.05) is 9.47 Å². The van der Waals surface area contributed by atoms with Crippen molar-refractivity contribution < 1.29 is 113 Å². The fourth-order valence-electron chi connectivity index (χ4n) is 2.81. The van der Waals surface area contributed by atoms with E-state index >= 15 is 0 Å². The molecule has 0 aromatic rings. The van der Waals surface area contributed by atoms with Crippen molar-refractivity contribution in [1.82, 2.24) is 0 Å². The summed E-state index contributed by atoms with van der Waals surface area (Å²) in [4.78, 5) is 102. The minimum atomic E-state index is -6.00. The van der Waals surface area contributed by atoms with Crippen molar-refractivity contribution in [1.29, 1.82) is 0 Å². The number of hydrogen-bond donors (Lipinski definition) is 11. The lowest BCUT2D eigenvalue weighted by molar-refractivity contribution is -0.201. The molecule has 1 rings (SSSR count). The molecule has 1 fully saturated rings. The number of rotatable bonds is 13. The van der Waals surface area contributed by atoms with E-state index in [1.54, 1.807) is 0 Å². The van der Waals surface area contributed by atoms with Gasteiger partial charge in [-0.2, -0.15) is 0 Å². The molecule has 0 spiro atoms. The van der Waals surface area contributed by atoms with Gasteiger partial charge in [-0.3, -0.25) is 31.5 Å². The Kier molecular flexibility index (Phi) is 12.2. The maximum Gasteiger partial charge on any atom is 0.475 e. The minimum Gasteiger partial charge on any atom is -0.303 e. The highest BCUT2D eigenvalue weighted by molar-refractivity contribution is 7.52. The molecule has 0 radical (unpaired) electrons. The van der Waals surface area contributed by atoms with Gasteiger partial charge in [0.25, 0.3) is 0 Å². The van der Waals surface area contributed by atoms with Crippen LogP contribution in [0.2, 0.25) is 0 Å². The Morgan fingerprint density at radius 2 is 0.541 bits per heavy atom. The van der Waals surface area contributed by atoms with Gasteiger partial charge in [-0.15, -0.1) is 0 Å². The Morgan fingerprint density at radius 1 is 0.378 bits per heavy atom.